The summed E-state index contributed by atoms with van der Waals surface area (Å²) in [5.41, 5.74) is 3.11. The van der Waals surface area contributed by atoms with Gasteiger partial charge in [0.2, 0.25) is 5.89 Å². The average Bonchev–Trinajstić information content (AvgIpc) is 3.25. The Hall–Kier alpha value is -2.94. The molecule has 2 heterocycles. The maximum atomic E-state index is 9.10. The van der Waals surface area contributed by atoms with Crippen molar-refractivity contribution in [2.75, 3.05) is 0 Å². The molecule has 1 saturated carbocycles. The van der Waals surface area contributed by atoms with Crippen molar-refractivity contribution in [2.45, 2.75) is 50.4 Å². The Bertz CT molecular complexity index is 993. The van der Waals surface area contributed by atoms with Gasteiger partial charge < -0.3 is 8.94 Å². The molecule has 2 aromatic heterocycles. The van der Waals surface area contributed by atoms with Crippen LogP contribution in [0.5, 0.6) is 0 Å². The molecule has 0 N–H and O–H groups in total. The average molecular weight is 346 g/mol. The van der Waals surface area contributed by atoms with Crippen molar-refractivity contribution in [1.29, 1.82) is 5.26 Å². The maximum absolute atomic E-state index is 9.10. The number of aryl methyl sites for hydroxylation is 1. The highest BCUT2D eigenvalue weighted by molar-refractivity contribution is 5.42. The van der Waals surface area contributed by atoms with Crippen molar-refractivity contribution < 1.29 is 8.94 Å². The Morgan fingerprint density at radius 1 is 1.19 bits per heavy atom. The summed E-state index contributed by atoms with van der Waals surface area (Å²) in [6.07, 6.45) is 7.62. The van der Waals surface area contributed by atoms with Gasteiger partial charge in [0, 0.05) is 5.92 Å². The molecule has 6 heteroatoms. The first-order chi connectivity index (χ1) is 12.8. The largest absolute Gasteiger partial charge is 0.445 e. The van der Waals surface area contributed by atoms with Gasteiger partial charge in [-0.05, 0) is 55.4 Å². The van der Waals surface area contributed by atoms with E-state index in [0.29, 0.717) is 29.6 Å². The van der Waals surface area contributed by atoms with Gasteiger partial charge in [0.15, 0.2) is 11.7 Å². The molecule has 0 aliphatic heterocycles. The van der Waals surface area contributed by atoms with Crippen LogP contribution in [0.25, 0.3) is 0 Å². The van der Waals surface area contributed by atoms with E-state index >= 15 is 0 Å². The first-order valence-corrected chi connectivity index (χ1v) is 9.10. The van der Waals surface area contributed by atoms with E-state index in [-0.39, 0.29) is 5.92 Å². The predicted octanol–water partition coefficient (Wildman–Crippen LogP) is 3.87. The highest BCUT2D eigenvalue weighted by atomic mass is 16.5. The van der Waals surface area contributed by atoms with Crippen LogP contribution in [0.2, 0.25) is 0 Å². The number of nitriles is 1. The third-order valence-corrected chi connectivity index (χ3v) is 5.20. The third kappa shape index (κ3) is 2.80. The van der Waals surface area contributed by atoms with Crippen LogP contribution in [0.4, 0.5) is 0 Å². The second-order valence-electron chi connectivity index (χ2n) is 7.13. The first-order valence-electron chi connectivity index (χ1n) is 9.10. The topological polar surface area (TPSA) is 88.7 Å². The molecule has 0 bridgehead atoms. The summed E-state index contributed by atoms with van der Waals surface area (Å²) >= 11 is 0. The van der Waals surface area contributed by atoms with Crippen molar-refractivity contribution in [3.63, 3.8) is 0 Å². The standard InChI is InChI=1S/C20H18N4O2/c21-10-12-4-7-16-14(8-12)2-1-3-17(16)20-23-18(24-26-20)9-15-11-22-19(25-15)13-5-6-13/h4,7-8,11,13,17H,1-3,5-6,9H2. The van der Waals surface area contributed by atoms with E-state index in [2.05, 4.69) is 21.2 Å². The van der Waals surface area contributed by atoms with Crippen molar-refractivity contribution >= 4 is 0 Å². The van der Waals surface area contributed by atoms with E-state index in [9.17, 15) is 0 Å². The smallest absolute Gasteiger partial charge is 0.234 e. The second kappa shape index (κ2) is 6.10. The molecule has 0 spiro atoms. The van der Waals surface area contributed by atoms with Crippen LogP contribution in [-0.2, 0) is 12.8 Å². The fourth-order valence-corrected chi connectivity index (χ4v) is 3.70. The maximum Gasteiger partial charge on any atom is 0.234 e. The van der Waals surface area contributed by atoms with Crippen LogP contribution in [0.1, 0.15) is 77.6 Å². The van der Waals surface area contributed by atoms with Crippen LogP contribution in [0.3, 0.4) is 0 Å². The second-order valence-corrected chi connectivity index (χ2v) is 7.13. The minimum absolute atomic E-state index is 0.101. The zero-order valence-corrected chi connectivity index (χ0v) is 14.3. The van der Waals surface area contributed by atoms with Gasteiger partial charge in [0.25, 0.3) is 0 Å². The van der Waals surface area contributed by atoms with E-state index in [0.717, 1.165) is 30.9 Å². The molecule has 2 aliphatic rings. The fraction of sp³-hybridized carbons (Fsp3) is 0.400. The van der Waals surface area contributed by atoms with Gasteiger partial charge in [-0.2, -0.15) is 10.2 Å². The van der Waals surface area contributed by atoms with Crippen molar-refractivity contribution in [3.8, 4) is 6.07 Å². The molecular weight excluding hydrogens is 328 g/mol. The van der Waals surface area contributed by atoms with Crippen LogP contribution in [0, 0.1) is 11.3 Å². The zero-order valence-electron chi connectivity index (χ0n) is 14.3. The molecule has 1 atom stereocenters. The number of nitrogens with zero attached hydrogens (tertiary/aromatic N) is 4. The Balaban J connectivity index is 1.37. The molecule has 1 unspecified atom stereocenters. The van der Waals surface area contributed by atoms with Crippen LogP contribution >= 0.6 is 0 Å². The molecule has 1 fully saturated rings. The van der Waals surface area contributed by atoms with Gasteiger partial charge >= 0.3 is 0 Å². The number of benzene rings is 1. The number of hydrogen-bond acceptors (Lipinski definition) is 6. The summed E-state index contributed by atoms with van der Waals surface area (Å²) in [5, 5.41) is 13.2. The minimum Gasteiger partial charge on any atom is -0.445 e. The number of oxazole rings is 1. The Morgan fingerprint density at radius 2 is 2.12 bits per heavy atom. The van der Waals surface area contributed by atoms with Crippen molar-refractivity contribution in [2.24, 2.45) is 0 Å². The molecule has 3 aromatic rings. The molecule has 0 radical (unpaired) electrons. The van der Waals surface area contributed by atoms with Gasteiger partial charge in [-0.1, -0.05) is 11.2 Å². The quantitative estimate of drug-likeness (QED) is 0.712. The zero-order chi connectivity index (χ0) is 17.5. The lowest BCUT2D eigenvalue weighted by Crippen LogP contribution is -2.11. The summed E-state index contributed by atoms with van der Waals surface area (Å²) in [7, 11) is 0. The van der Waals surface area contributed by atoms with Gasteiger partial charge in [-0.15, -0.1) is 0 Å². The number of hydrogen-bond donors (Lipinski definition) is 0. The van der Waals surface area contributed by atoms with Crippen LogP contribution < -0.4 is 0 Å². The molecule has 2 aliphatic carbocycles. The van der Waals surface area contributed by atoms with Crippen LogP contribution in [0.15, 0.2) is 33.3 Å². The summed E-state index contributed by atoms with van der Waals surface area (Å²) in [4.78, 5) is 8.95. The summed E-state index contributed by atoms with van der Waals surface area (Å²) < 4.78 is 11.4. The molecule has 0 saturated heterocycles. The molecule has 130 valence electrons. The highest BCUT2D eigenvalue weighted by Gasteiger charge is 2.29. The van der Waals surface area contributed by atoms with Gasteiger partial charge in [0.05, 0.1) is 30.2 Å². The lowest BCUT2D eigenvalue weighted by atomic mass is 9.82. The predicted molar refractivity (Wildman–Crippen MR) is 91.5 cm³/mol. The van der Waals surface area contributed by atoms with E-state index in [1.165, 1.54) is 24.0 Å². The lowest BCUT2D eigenvalue weighted by Gasteiger charge is -2.22. The Labute approximate surface area is 150 Å². The van der Waals surface area contributed by atoms with E-state index < -0.39 is 0 Å². The first kappa shape index (κ1) is 15.3. The lowest BCUT2D eigenvalue weighted by molar-refractivity contribution is 0.350. The van der Waals surface area contributed by atoms with Crippen LogP contribution in [-0.4, -0.2) is 15.1 Å². The van der Waals surface area contributed by atoms with Crippen molar-refractivity contribution in [3.05, 3.63) is 64.5 Å². The van der Waals surface area contributed by atoms with Gasteiger partial charge in [-0.25, -0.2) is 4.98 Å². The van der Waals surface area contributed by atoms with Gasteiger partial charge in [0.1, 0.15) is 5.76 Å². The highest BCUT2D eigenvalue weighted by Crippen LogP contribution is 2.39. The summed E-state index contributed by atoms with van der Waals surface area (Å²) in [5.74, 6) is 3.48. The molecule has 6 nitrogen and oxygen atoms in total. The number of fused-ring (bicyclic) bond motifs is 1. The normalized spacial score (nSPS) is 19.1. The molecular formula is C20H18N4O2. The third-order valence-electron chi connectivity index (χ3n) is 5.20. The van der Waals surface area contributed by atoms with E-state index in [4.69, 9.17) is 14.2 Å². The SMILES string of the molecule is N#Cc1ccc2c(c1)CCCC2c1nc(Cc2cnc(C3CC3)o2)no1. The Morgan fingerprint density at radius 3 is 2.96 bits per heavy atom. The van der Waals surface area contributed by atoms with E-state index in [1.807, 2.05) is 18.2 Å². The minimum atomic E-state index is 0.101. The molecule has 26 heavy (non-hydrogen) atoms. The Kier molecular flexibility index (Phi) is 3.59. The molecule has 1 aromatic carbocycles. The summed E-state index contributed by atoms with van der Waals surface area (Å²) in [6.45, 7) is 0. The number of aromatic nitrogens is 3. The molecule has 0 amide bonds. The van der Waals surface area contributed by atoms with Crippen molar-refractivity contribution in [1.82, 2.24) is 15.1 Å². The van der Waals surface area contributed by atoms with Gasteiger partial charge in [-0.3, -0.25) is 0 Å². The number of rotatable bonds is 4. The monoisotopic (exact) mass is 346 g/mol. The summed E-state index contributed by atoms with van der Waals surface area (Å²) in [6, 6.07) is 8.08. The van der Waals surface area contributed by atoms with E-state index in [1.54, 1.807) is 6.20 Å². The fourth-order valence-electron chi connectivity index (χ4n) is 3.70. The molecule has 5 rings (SSSR count).